The van der Waals surface area contributed by atoms with Crippen molar-refractivity contribution in [2.75, 3.05) is 0 Å². The molecule has 0 aliphatic carbocycles. The first kappa shape index (κ1) is 20.9. The molecule has 0 unspecified atom stereocenters. The van der Waals surface area contributed by atoms with Crippen LogP contribution in [0.1, 0.15) is 6.92 Å². The van der Waals surface area contributed by atoms with Crippen molar-refractivity contribution in [2.45, 2.75) is 6.92 Å². The van der Waals surface area contributed by atoms with Crippen molar-refractivity contribution >= 4 is 19.0 Å². The van der Waals surface area contributed by atoms with E-state index in [1.54, 1.807) is 19.2 Å². The Morgan fingerprint density at radius 2 is 1.58 bits per heavy atom. The maximum atomic E-state index is 9.87. The van der Waals surface area contributed by atoms with Crippen LogP contribution in [0.3, 0.4) is 0 Å². The Morgan fingerprint density at radius 3 is 2.00 bits per heavy atom. The molecule has 0 N–H and O–H groups in total. The number of aromatic nitrogens is 4. The van der Waals surface area contributed by atoms with E-state index in [1.165, 1.54) is 0 Å². The Kier molecular flexibility index (Phi) is 7.02. The summed E-state index contributed by atoms with van der Waals surface area (Å²) in [6, 6.07) is 3.63. The number of rotatable bonds is 0. The van der Waals surface area contributed by atoms with Crippen molar-refractivity contribution in [3.63, 3.8) is 0 Å². The van der Waals surface area contributed by atoms with E-state index in [4.69, 9.17) is 0 Å². The Morgan fingerprint density at radius 1 is 1.11 bits per heavy atom. The summed E-state index contributed by atoms with van der Waals surface area (Å²) < 4.78 is 59.2. The van der Waals surface area contributed by atoms with E-state index in [2.05, 4.69) is 27.3 Å². The zero-order chi connectivity index (χ0) is 14.5. The predicted octanol–water partition coefficient (Wildman–Crippen LogP) is 4.20. The fourth-order valence-electron chi connectivity index (χ4n) is 0.656. The smallest absolute Gasteiger partial charge is 0.367 e. The molecule has 2 rings (SSSR count). The van der Waals surface area contributed by atoms with Crippen LogP contribution in [0.15, 0.2) is 18.3 Å². The van der Waals surface area contributed by atoms with Gasteiger partial charge < -0.3 is 11.9 Å². The van der Waals surface area contributed by atoms with Crippen LogP contribution < -0.4 is 5.10 Å². The second kappa shape index (κ2) is 6.37. The van der Waals surface area contributed by atoms with Crippen LogP contribution in [0.25, 0.3) is 11.2 Å². The largest absolute Gasteiger partial charge is 2.00 e. The van der Waals surface area contributed by atoms with Crippen molar-refractivity contribution < 1.29 is 56.3 Å². The number of pyridine rings is 1. The van der Waals surface area contributed by atoms with Crippen molar-refractivity contribution in [3.05, 3.63) is 25.3 Å². The van der Waals surface area contributed by atoms with Crippen LogP contribution >= 0.6 is 7.81 Å². The molecule has 4 nitrogen and oxygen atoms in total. The van der Waals surface area contributed by atoms with E-state index in [-0.39, 0.29) is 31.1 Å². The zero-order valence-electron chi connectivity index (χ0n) is 9.44. The maximum absolute atomic E-state index is 10.7. The van der Waals surface area contributed by atoms with Crippen molar-refractivity contribution in [1.82, 2.24) is 20.4 Å². The van der Waals surface area contributed by atoms with E-state index in [0.29, 0.717) is 5.65 Å². The second-order valence-electron chi connectivity index (χ2n) is 2.59. The Bertz CT molecular complexity index is 456. The third kappa shape index (κ3) is 15.6. The minimum absolute atomic E-state index is 0. The van der Waals surface area contributed by atoms with Crippen molar-refractivity contribution in [2.24, 2.45) is 0 Å². The van der Waals surface area contributed by atoms with Gasteiger partial charge in [-0.3, -0.25) is 10.2 Å². The van der Waals surface area contributed by atoms with E-state index in [9.17, 15) is 25.2 Å². The minimum atomic E-state index is -10.7. The van der Waals surface area contributed by atoms with Gasteiger partial charge in [-0.15, -0.1) is 0 Å². The monoisotopic (exact) mass is 531 g/mol. The van der Waals surface area contributed by atoms with Gasteiger partial charge in [-0.05, 0) is 12.3 Å². The van der Waals surface area contributed by atoms with Crippen molar-refractivity contribution in [3.8, 4) is 0 Å². The zero-order valence-corrected chi connectivity index (χ0v) is 14.5. The first-order valence-corrected chi connectivity index (χ1v) is 6.28. The van der Waals surface area contributed by atoms with E-state index in [0.717, 1.165) is 5.52 Å². The fraction of sp³-hybridized carbons (Fsp3) is 0.143. The summed E-state index contributed by atoms with van der Waals surface area (Å²) in [5.74, 6) is 0. The Balaban J connectivity index is 0. The molecule has 0 aliphatic rings. The average molecular weight is 531 g/mol. The van der Waals surface area contributed by atoms with Gasteiger partial charge in [0, 0.05) is 11.2 Å². The molecule has 0 spiro atoms. The topological polar surface area (TPSA) is 52.8 Å². The third-order valence-electron chi connectivity index (χ3n) is 1.06. The molecule has 108 valence electrons. The van der Waals surface area contributed by atoms with Gasteiger partial charge in [-0.25, -0.2) is 0 Å². The summed E-state index contributed by atoms with van der Waals surface area (Å²) in [7, 11) is -10.7. The summed E-state index contributed by atoms with van der Waals surface area (Å²) in [5.41, 5.74) is 1.36. The van der Waals surface area contributed by atoms with Gasteiger partial charge in [0.15, 0.2) is 0 Å². The van der Waals surface area contributed by atoms with Crippen LogP contribution in [0.5, 0.6) is 0 Å². The van der Waals surface area contributed by atoms with Gasteiger partial charge in [0.05, 0.1) is 0 Å². The minimum Gasteiger partial charge on any atom is -0.367 e. The molecule has 2 aromatic heterocycles. The molecule has 2 heterocycles. The third-order valence-corrected chi connectivity index (χ3v) is 1.06. The fourth-order valence-corrected chi connectivity index (χ4v) is 0.656. The summed E-state index contributed by atoms with van der Waals surface area (Å²) in [6.07, 6.45) is 1.67. The maximum Gasteiger partial charge on any atom is 2.00 e. The Hall–Kier alpha value is -0.388. The number of nitrogens with zero attached hydrogens (tertiary/aromatic N) is 4. The average Bonchev–Trinajstić information content (AvgIpc) is 2.63. The molecule has 0 bridgehead atoms. The molecule has 0 atom stereocenters. The number of halogens is 6. The molecular weight excluding hydrogens is 523 g/mol. The van der Waals surface area contributed by atoms with Crippen molar-refractivity contribution in [1.29, 1.82) is 0 Å². The summed E-state index contributed by atoms with van der Waals surface area (Å²) in [5, 5.41) is 10.8. The van der Waals surface area contributed by atoms with Crippen LogP contribution in [0.4, 0.5) is 25.2 Å². The second-order valence-corrected chi connectivity index (χ2v) is 4.51. The first-order chi connectivity index (χ1) is 7.92. The summed E-state index contributed by atoms with van der Waals surface area (Å²) in [4.78, 5) is 3.91. The number of hydrogen-bond donors (Lipinski definition) is 0. The van der Waals surface area contributed by atoms with Crippen LogP contribution in [0, 0.1) is 38.0 Å². The molecule has 0 saturated carbocycles. The molecular formula is C7H8F6N4PU-. The number of fused-ring (bicyclic) bond motifs is 1. The molecule has 19 heavy (non-hydrogen) atoms. The Labute approximate surface area is 128 Å². The van der Waals surface area contributed by atoms with Crippen LogP contribution in [-0.4, -0.2) is 15.3 Å². The van der Waals surface area contributed by atoms with Gasteiger partial charge in [-0.2, -0.15) is 12.1 Å². The van der Waals surface area contributed by atoms with Gasteiger partial charge in [0.1, 0.15) is 0 Å². The summed E-state index contributed by atoms with van der Waals surface area (Å²) in [6.45, 7) is 5.00. The molecule has 0 radical (unpaired) electrons. The normalized spacial score (nSPS) is 13.7. The molecule has 0 fully saturated rings. The van der Waals surface area contributed by atoms with E-state index < -0.39 is 7.81 Å². The number of hydrogen-bond acceptors (Lipinski definition) is 3. The molecule has 0 saturated heterocycles. The molecule has 2 aromatic rings. The van der Waals surface area contributed by atoms with Gasteiger partial charge in [-0.1, -0.05) is 6.07 Å². The molecule has 0 aliphatic heterocycles. The van der Waals surface area contributed by atoms with E-state index >= 15 is 0 Å². The molecule has 0 aromatic carbocycles. The quantitative estimate of drug-likeness (QED) is 0.291. The predicted molar refractivity (Wildman–Crippen MR) is 55.3 cm³/mol. The van der Waals surface area contributed by atoms with E-state index in [1.807, 2.05) is 6.07 Å². The first-order valence-electron chi connectivity index (χ1n) is 4.26. The van der Waals surface area contributed by atoms with Gasteiger partial charge >= 0.3 is 64.1 Å². The molecule has 0 amide bonds. The SMILES string of the molecule is F[P-](F)(F)(F)(F)F.[CH2-]C.[U+2].c1cnc2[n-]nnc2c1. The molecule has 12 heteroatoms. The van der Waals surface area contributed by atoms with Crippen LogP contribution in [0.2, 0.25) is 0 Å². The van der Waals surface area contributed by atoms with Gasteiger partial charge in [0.2, 0.25) is 0 Å². The summed E-state index contributed by atoms with van der Waals surface area (Å²) >= 11 is 0. The van der Waals surface area contributed by atoms with Crippen LogP contribution in [-0.2, 0) is 0 Å². The standard InChI is InChI=1S/C5H3N4.C2H5.F6P.U/c1-2-4-5(6-3-1)8-9-7-4;1-2;1-7(2,3,4,5)6;/h1-3H;1H2,2H3;;/q3*-1;+2. The van der Waals surface area contributed by atoms with Gasteiger partial charge in [0.25, 0.3) is 0 Å².